The number of carbonyl (C=O) groups is 1. The molecule has 4 nitrogen and oxygen atoms in total. The van der Waals surface area contributed by atoms with Gasteiger partial charge in [0.1, 0.15) is 10.8 Å². The maximum Gasteiger partial charge on any atom is 0.261 e. The van der Waals surface area contributed by atoms with Crippen molar-refractivity contribution in [3.63, 3.8) is 0 Å². The molecule has 0 saturated carbocycles. The third kappa shape index (κ3) is 4.50. The fourth-order valence-electron chi connectivity index (χ4n) is 1.95. The highest BCUT2D eigenvalue weighted by atomic mass is 35.5. The molecule has 6 heteroatoms. The van der Waals surface area contributed by atoms with E-state index in [2.05, 4.69) is 5.32 Å². The van der Waals surface area contributed by atoms with E-state index in [1.165, 1.54) is 0 Å². The van der Waals surface area contributed by atoms with Crippen LogP contribution in [0.2, 0.25) is 10.0 Å². The molecule has 1 aromatic carbocycles. The van der Waals surface area contributed by atoms with Crippen molar-refractivity contribution in [2.24, 2.45) is 5.73 Å². The van der Waals surface area contributed by atoms with Crippen LogP contribution in [0.1, 0.15) is 33.6 Å². The van der Waals surface area contributed by atoms with Gasteiger partial charge < -0.3 is 15.8 Å². The van der Waals surface area contributed by atoms with Gasteiger partial charge in [0.05, 0.1) is 10.6 Å². The predicted molar refractivity (Wildman–Crippen MR) is 87.1 cm³/mol. The Morgan fingerprint density at radius 3 is 2.52 bits per heavy atom. The van der Waals surface area contributed by atoms with Gasteiger partial charge in [0.25, 0.3) is 5.91 Å². The molecule has 0 aliphatic heterocycles. The average Bonchev–Trinajstić information content (AvgIpc) is 2.49. The number of halogens is 2. The largest absolute Gasteiger partial charge is 0.479 e. The van der Waals surface area contributed by atoms with Crippen molar-refractivity contribution in [1.29, 1.82) is 0 Å². The molecule has 0 bridgehead atoms. The molecule has 1 rings (SSSR count). The highest BCUT2D eigenvalue weighted by Crippen LogP contribution is 2.32. The van der Waals surface area contributed by atoms with E-state index in [1.807, 2.05) is 13.8 Å². The summed E-state index contributed by atoms with van der Waals surface area (Å²) in [4.78, 5) is 12.3. The van der Waals surface area contributed by atoms with Crippen molar-refractivity contribution in [3.8, 4) is 5.75 Å². The van der Waals surface area contributed by atoms with Crippen molar-refractivity contribution in [2.75, 3.05) is 6.54 Å². The van der Waals surface area contributed by atoms with Crippen LogP contribution in [0.5, 0.6) is 5.75 Å². The lowest BCUT2D eigenvalue weighted by Gasteiger charge is -2.32. The van der Waals surface area contributed by atoms with Crippen molar-refractivity contribution >= 4 is 29.1 Å². The summed E-state index contributed by atoms with van der Waals surface area (Å²) in [5, 5.41) is 3.66. The number of benzene rings is 1. The molecular weight excluding hydrogens is 311 g/mol. The minimum Gasteiger partial charge on any atom is -0.479 e. The maximum absolute atomic E-state index is 12.3. The van der Waals surface area contributed by atoms with Gasteiger partial charge >= 0.3 is 0 Å². The summed E-state index contributed by atoms with van der Waals surface area (Å²) in [5.41, 5.74) is 5.38. The maximum atomic E-state index is 12.3. The first-order chi connectivity index (χ1) is 9.89. The number of nitrogens with two attached hydrogens (primary N) is 1. The van der Waals surface area contributed by atoms with Crippen LogP contribution in [-0.4, -0.2) is 24.1 Å². The summed E-state index contributed by atoms with van der Waals surface area (Å²) in [5.74, 6) is 0.165. The van der Waals surface area contributed by atoms with Crippen LogP contribution >= 0.6 is 23.2 Å². The van der Waals surface area contributed by atoms with Gasteiger partial charge in [0.2, 0.25) is 0 Å². The second kappa shape index (κ2) is 7.87. The molecular formula is C15H22Cl2N2O2. The smallest absolute Gasteiger partial charge is 0.261 e. The van der Waals surface area contributed by atoms with E-state index < -0.39 is 11.6 Å². The van der Waals surface area contributed by atoms with Gasteiger partial charge in [-0.15, -0.1) is 0 Å². The lowest BCUT2D eigenvalue weighted by molar-refractivity contribution is -0.129. The topological polar surface area (TPSA) is 64.3 Å². The second-order valence-electron chi connectivity index (χ2n) is 4.99. The Kier molecular flexibility index (Phi) is 6.78. The van der Waals surface area contributed by atoms with Gasteiger partial charge in [-0.05, 0) is 31.9 Å². The van der Waals surface area contributed by atoms with Gasteiger partial charge in [0, 0.05) is 6.54 Å². The zero-order chi connectivity index (χ0) is 16.0. The highest BCUT2D eigenvalue weighted by molar-refractivity contribution is 6.42. The zero-order valence-electron chi connectivity index (χ0n) is 12.6. The van der Waals surface area contributed by atoms with E-state index in [1.54, 1.807) is 25.1 Å². The molecule has 0 heterocycles. The number of hydrogen-bond donors (Lipinski definition) is 2. The molecule has 1 unspecified atom stereocenters. The van der Waals surface area contributed by atoms with Gasteiger partial charge in [0.15, 0.2) is 6.10 Å². The van der Waals surface area contributed by atoms with Gasteiger partial charge in [-0.3, -0.25) is 4.79 Å². The molecule has 1 amide bonds. The molecule has 118 valence electrons. The first kappa shape index (κ1) is 18.1. The summed E-state index contributed by atoms with van der Waals surface area (Å²) in [6.07, 6.45) is 0.831. The Morgan fingerprint density at radius 2 is 2.00 bits per heavy atom. The van der Waals surface area contributed by atoms with Crippen molar-refractivity contribution in [1.82, 2.24) is 5.32 Å². The average molecular weight is 333 g/mol. The molecule has 0 aromatic heterocycles. The minimum absolute atomic E-state index is 0.222. The van der Waals surface area contributed by atoms with Crippen molar-refractivity contribution < 1.29 is 9.53 Å². The van der Waals surface area contributed by atoms with Crippen LogP contribution in [-0.2, 0) is 4.79 Å². The summed E-state index contributed by atoms with van der Waals surface area (Å²) in [6, 6.07) is 5.05. The van der Waals surface area contributed by atoms with Crippen LogP contribution in [0, 0.1) is 0 Å². The SMILES string of the molecule is CCC(CC)(CN)NC(=O)C(C)Oc1cccc(Cl)c1Cl. The van der Waals surface area contributed by atoms with Gasteiger partial charge in [-0.2, -0.15) is 0 Å². The van der Waals surface area contributed by atoms with E-state index in [0.29, 0.717) is 22.3 Å². The Morgan fingerprint density at radius 1 is 1.38 bits per heavy atom. The Bertz CT molecular complexity index is 482. The predicted octanol–water partition coefficient (Wildman–Crippen LogP) is 3.39. The van der Waals surface area contributed by atoms with E-state index in [4.69, 9.17) is 33.7 Å². The number of nitrogens with one attached hydrogen (secondary N) is 1. The second-order valence-corrected chi connectivity index (χ2v) is 5.78. The number of carbonyl (C=O) groups excluding carboxylic acids is 1. The lowest BCUT2D eigenvalue weighted by Crippen LogP contribution is -2.55. The fourth-order valence-corrected chi connectivity index (χ4v) is 2.28. The lowest BCUT2D eigenvalue weighted by atomic mass is 9.92. The summed E-state index contributed by atoms with van der Waals surface area (Å²) in [6.45, 7) is 6.04. The molecule has 0 radical (unpaired) electrons. The Balaban J connectivity index is 2.77. The molecule has 0 fully saturated rings. The van der Waals surface area contributed by atoms with Gasteiger partial charge in [-0.25, -0.2) is 0 Å². The van der Waals surface area contributed by atoms with E-state index in [0.717, 1.165) is 12.8 Å². The van der Waals surface area contributed by atoms with Crippen LogP contribution in [0.4, 0.5) is 0 Å². The highest BCUT2D eigenvalue weighted by Gasteiger charge is 2.29. The van der Waals surface area contributed by atoms with E-state index >= 15 is 0 Å². The zero-order valence-corrected chi connectivity index (χ0v) is 14.1. The Hall–Kier alpha value is -0.970. The van der Waals surface area contributed by atoms with Crippen LogP contribution in [0.15, 0.2) is 18.2 Å². The number of rotatable bonds is 7. The molecule has 21 heavy (non-hydrogen) atoms. The monoisotopic (exact) mass is 332 g/mol. The summed E-state index contributed by atoms with van der Waals surface area (Å²) >= 11 is 12.0. The quantitative estimate of drug-likeness (QED) is 0.804. The van der Waals surface area contributed by atoms with Crippen LogP contribution in [0.25, 0.3) is 0 Å². The van der Waals surface area contributed by atoms with E-state index in [-0.39, 0.29) is 5.91 Å². The van der Waals surface area contributed by atoms with Crippen molar-refractivity contribution in [3.05, 3.63) is 28.2 Å². The van der Waals surface area contributed by atoms with Gasteiger partial charge in [-0.1, -0.05) is 43.1 Å². The Labute approximate surface area is 135 Å². The number of amides is 1. The van der Waals surface area contributed by atoms with Crippen molar-refractivity contribution in [2.45, 2.75) is 45.3 Å². The molecule has 0 aliphatic carbocycles. The molecule has 3 N–H and O–H groups in total. The molecule has 1 aromatic rings. The first-order valence-electron chi connectivity index (χ1n) is 7.02. The molecule has 1 atom stereocenters. The molecule has 0 spiro atoms. The fraction of sp³-hybridized carbons (Fsp3) is 0.533. The third-order valence-corrected chi connectivity index (χ3v) is 4.52. The standard InChI is InChI=1S/C15H22Cl2N2O2/c1-4-15(5-2,9-18)19-14(20)10(3)21-12-8-6-7-11(16)13(12)17/h6-8,10H,4-5,9,18H2,1-3H3,(H,19,20). The number of ether oxygens (including phenoxy) is 1. The van der Waals surface area contributed by atoms with Crippen LogP contribution in [0.3, 0.4) is 0 Å². The van der Waals surface area contributed by atoms with Crippen LogP contribution < -0.4 is 15.8 Å². The summed E-state index contributed by atoms with van der Waals surface area (Å²) < 4.78 is 5.60. The number of hydrogen-bond acceptors (Lipinski definition) is 3. The van der Waals surface area contributed by atoms with E-state index in [9.17, 15) is 4.79 Å². The normalized spacial score (nSPS) is 12.9. The molecule has 0 saturated heterocycles. The summed E-state index contributed by atoms with van der Waals surface area (Å²) in [7, 11) is 0. The first-order valence-corrected chi connectivity index (χ1v) is 7.77. The minimum atomic E-state index is -0.690. The molecule has 0 aliphatic rings. The third-order valence-electron chi connectivity index (χ3n) is 3.72.